The van der Waals surface area contributed by atoms with Crippen molar-refractivity contribution in [1.82, 2.24) is 40.7 Å². The van der Waals surface area contributed by atoms with E-state index in [-0.39, 0.29) is 0 Å². The molecule has 21 aromatic rings. The fourth-order valence-electron chi connectivity index (χ4n) is 17.1. The lowest BCUT2D eigenvalue weighted by atomic mass is 10.1. The first kappa shape index (κ1) is 54.7. The third-order valence-corrected chi connectivity index (χ3v) is 22.7. The molecular weight excluding hydrogens is 1290 g/mol. The van der Waals surface area contributed by atoms with E-state index in [9.17, 15) is 0 Å². The molecule has 20 heterocycles. The second-order valence-corrected chi connectivity index (χ2v) is 28.2. The van der Waals surface area contributed by atoms with Gasteiger partial charge >= 0.3 is 5.89 Å². The Labute approximate surface area is 597 Å². The van der Waals surface area contributed by atoms with Gasteiger partial charge in [0.1, 0.15) is 41.1 Å². The molecule has 0 atom stereocenters. The Morgan fingerprint density at radius 3 is 1.48 bits per heavy atom. The lowest BCUT2D eigenvalue weighted by Gasteiger charge is -2.01. The number of pyridine rings is 4. The van der Waals surface area contributed by atoms with Gasteiger partial charge < -0.3 is 26.4 Å². The number of oxazole rings is 1. The Bertz CT molecular complexity index is 7070. The maximum Gasteiger partial charge on any atom is 0.382 e. The highest BCUT2D eigenvalue weighted by Crippen LogP contribution is 2.41. The van der Waals surface area contributed by atoms with Crippen LogP contribution < -0.4 is 22.8 Å². The van der Waals surface area contributed by atoms with Crippen molar-refractivity contribution in [2.45, 2.75) is 32.7 Å². The summed E-state index contributed by atoms with van der Waals surface area (Å²) in [5, 5.41) is 1.37. The Morgan fingerprint density at radius 1 is 0.379 bits per heavy atom. The fraction of sp³-hybridized carbons (Fsp3) is 0.0805. The van der Waals surface area contributed by atoms with Crippen molar-refractivity contribution in [3.8, 4) is 61.9 Å². The summed E-state index contributed by atoms with van der Waals surface area (Å²) in [6, 6.07) is 80.2. The molecule has 0 bridgehead atoms. The molecule has 5 aliphatic heterocycles. The number of aromatic nitrogens is 14. The van der Waals surface area contributed by atoms with Gasteiger partial charge in [0.25, 0.3) is 28.0 Å². The first-order valence-corrected chi connectivity index (χ1v) is 35.7. The number of benzene rings is 6. The quantitative estimate of drug-likeness (QED) is 0.153. The Balaban J connectivity index is 0.0000000830. The number of aryl methyl sites for hydroxylation is 2. The summed E-state index contributed by atoms with van der Waals surface area (Å²) in [4.78, 5) is 4.18. The third-order valence-electron chi connectivity index (χ3n) is 21.6. The van der Waals surface area contributed by atoms with Crippen LogP contribution in [0.3, 0.4) is 0 Å². The van der Waals surface area contributed by atoms with Crippen LogP contribution in [0.25, 0.3) is 144 Å². The molecule has 16 heteroatoms. The summed E-state index contributed by atoms with van der Waals surface area (Å²) in [5.74, 6) is 4.35. The van der Waals surface area contributed by atoms with Crippen LogP contribution in [0.5, 0.6) is 0 Å². The van der Waals surface area contributed by atoms with Gasteiger partial charge in [-0.05, 0) is 97.1 Å². The summed E-state index contributed by atoms with van der Waals surface area (Å²) in [5.41, 5.74) is 30.5. The van der Waals surface area contributed by atoms with Crippen molar-refractivity contribution in [1.29, 1.82) is 0 Å². The summed E-state index contributed by atoms with van der Waals surface area (Å²) in [6.07, 6.45) is 22.7. The third kappa shape index (κ3) is 8.49. The molecule has 0 amide bonds. The Kier molecular flexibility index (Phi) is 11.8. The van der Waals surface area contributed by atoms with Crippen molar-refractivity contribution in [3.05, 3.63) is 327 Å². The lowest BCUT2D eigenvalue weighted by molar-refractivity contribution is -0.648. The van der Waals surface area contributed by atoms with E-state index < -0.39 is 6.98 Å². The standard InChI is InChI=1S/C22H16N3.2C17H14N3.C16H11N2O.C15H10N3S/c1-2-9-17(10-3-1)25-20-15-23-13-7-6-12-19(23)21(20)24-14-16-8-4-5-11-18(16)22(24)25;2*1-18-16-14-8-4-5-9-19(14)11-15(16)20-10-12-6-2-3-7-13(12)17(18)20;1-2-6-12-11(5-1)9-18-15-13-7-3-4-8-17(13)10-14(15)19-16(12)18;1-2-4-11-10(3-1)7-18-14-12-5-6-16-9-17(12)8-13(14)19-15(11)18/h1-13,15H,14H2;2*2-9,11H,10H2,1H3;1-8,10H,9H2;1-6,8-9H,7H2/q5*+1/i;1D3;;;. The van der Waals surface area contributed by atoms with Gasteiger partial charge in [-0.1, -0.05) is 145 Å². The first-order chi connectivity index (χ1) is 52.1. The van der Waals surface area contributed by atoms with E-state index in [1.165, 1.54) is 131 Å². The molecule has 5 aliphatic rings. The van der Waals surface area contributed by atoms with Crippen LogP contribution in [0.4, 0.5) is 0 Å². The second-order valence-electron chi connectivity index (χ2n) is 27.2. The summed E-state index contributed by atoms with van der Waals surface area (Å²) >= 11 is 1.87. The Morgan fingerprint density at radius 2 is 0.845 bits per heavy atom. The summed E-state index contributed by atoms with van der Waals surface area (Å²) in [6.45, 7) is 2.26. The van der Waals surface area contributed by atoms with E-state index >= 15 is 0 Å². The smallest absolute Gasteiger partial charge is 0.382 e. The molecule has 0 spiro atoms. The van der Waals surface area contributed by atoms with Crippen molar-refractivity contribution in [3.63, 3.8) is 0 Å². The molecule has 0 unspecified atom stereocenters. The minimum Gasteiger partial charge on any atom is -0.396 e. The van der Waals surface area contributed by atoms with Gasteiger partial charge in [0, 0.05) is 65.0 Å². The van der Waals surface area contributed by atoms with E-state index in [2.05, 4.69) is 293 Å². The van der Waals surface area contributed by atoms with Gasteiger partial charge in [-0.15, -0.1) is 4.57 Å². The van der Waals surface area contributed by atoms with Gasteiger partial charge in [-0.25, -0.2) is 27.8 Å². The molecule has 15 nitrogen and oxygen atoms in total. The monoisotopic (exact) mass is 1360 g/mol. The Hall–Kier alpha value is -13.2. The molecule has 0 fully saturated rings. The highest BCUT2D eigenvalue weighted by Gasteiger charge is 2.40. The molecule has 26 rings (SSSR count). The van der Waals surface area contributed by atoms with Crippen molar-refractivity contribution in [2.24, 2.45) is 14.0 Å². The molecule has 0 saturated carbocycles. The maximum absolute atomic E-state index is 8.07. The predicted octanol–water partition coefficient (Wildman–Crippen LogP) is 15.6. The molecular formula is C87H65N14OS+5. The first-order valence-electron chi connectivity index (χ1n) is 36.4. The molecule has 490 valence electrons. The van der Waals surface area contributed by atoms with Gasteiger partial charge in [0.2, 0.25) is 16.6 Å². The number of para-hydroxylation sites is 1. The minimum atomic E-state index is -2.23. The fourth-order valence-corrected chi connectivity index (χ4v) is 18.4. The molecule has 15 aromatic heterocycles. The van der Waals surface area contributed by atoms with E-state index in [1.807, 2.05) is 83.1 Å². The molecule has 0 saturated heterocycles. The van der Waals surface area contributed by atoms with Crippen LogP contribution in [0, 0.1) is 0 Å². The predicted molar refractivity (Wildman–Crippen MR) is 403 cm³/mol. The minimum absolute atomic E-state index is 0.710. The van der Waals surface area contributed by atoms with Crippen LogP contribution in [0.2, 0.25) is 0 Å². The number of nitrogens with zero attached hydrogens (tertiary/aromatic N) is 14. The zero-order valence-electron chi connectivity index (χ0n) is 58.9. The van der Waals surface area contributed by atoms with Crippen LogP contribution in [-0.2, 0) is 46.7 Å². The van der Waals surface area contributed by atoms with E-state index in [0.29, 0.717) is 6.54 Å². The van der Waals surface area contributed by atoms with Gasteiger partial charge in [0.05, 0.1) is 93.6 Å². The molecule has 103 heavy (non-hydrogen) atoms. The van der Waals surface area contributed by atoms with Crippen LogP contribution in [-0.4, -0.2) is 40.7 Å². The molecule has 0 N–H and O–H groups in total. The number of rotatable bonds is 1. The van der Waals surface area contributed by atoms with Gasteiger partial charge in [0.15, 0.2) is 40.7 Å². The topological polar surface area (TPSA) is 82.3 Å². The van der Waals surface area contributed by atoms with E-state index in [0.717, 1.165) is 71.2 Å². The average molecular weight is 1360 g/mol. The normalized spacial score (nSPS) is 13.5. The highest BCUT2D eigenvalue weighted by molar-refractivity contribution is 7.21. The van der Waals surface area contributed by atoms with E-state index in [4.69, 9.17) is 8.53 Å². The van der Waals surface area contributed by atoms with Gasteiger partial charge in [-0.2, -0.15) is 9.13 Å². The number of fused-ring (bicyclic) bond motifs is 35. The van der Waals surface area contributed by atoms with E-state index in [1.54, 1.807) is 0 Å². The largest absolute Gasteiger partial charge is 0.396 e. The van der Waals surface area contributed by atoms with Crippen molar-refractivity contribution >= 4 is 93.3 Å². The number of hydrogen-bond acceptors (Lipinski definition) is 3. The molecule has 0 radical (unpaired) electrons. The van der Waals surface area contributed by atoms with Crippen LogP contribution in [0.15, 0.2) is 303 Å². The second kappa shape index (κ2) is 22.2. The maximum atomic E-state index is 8.07. The van der Waals surface area contributed by atoms with Crippen molar-refractivity contribution < 1.29 is 31.4 Å². The number of thiazole rings is 1. The molecule has 6 aromatic carbocycles. The number of hydrogen-bond donors (Lipinski definition) is 0. The van der Waals surface area contributed by atoms with Crippen LogP contribution >= 0.6 is 11.3 Å². The molecule has 0 aliphatic carbocycles. The zero-order valence-corrected chi connectivity index (χ0v) is 56.7. The number of imidazole rings is 3. The average Bonchev–Trinajstić information content (AvgIpc) is 1.55. The highest BCUT2D eigenvalue weighted by atomic mass is 32.1. The van der Waals surface area contributed by atoms with Crippen LogP contribution in [0.1, 0.15) is 31.9 Å². The lowest BCUT2D eigenvalue weighted by Crippen LogP contribution is -2.31. The zero-order chi connectivity index (χ0) is 70.2. The van der Waals surface area contributed by atoms with Crippen molar-refractivity contribution in [2.75, 3.05) is 0 Å². The van der Waals surface area contributed by atoms with Gasteiger partial charge in [-0.3, -0.25) is 0 Å². The SMILES string of the molecule is C[n+]1c2n(c3cn4ccccc4c31)Cc1ccccc1-2.[2H]C([2H])([2H])[n+]1c2n(c3cn4ccccc4c31)Cc1ccccc1-2.c1ccc(-n2c3[n+](c4c2cn2ccccc42)Cc2ccccc2-3)cc1.c1ccc2c(c1)C[n+]1c-2oc2cn3ccccc3c21.c1ccc2c(c1)C[n+]1c-2sc2cn3cnccc3c21. The summed E-state index contributed by atoms with van der Waals surface area (Å²) < 4.78 is 60.2. The summed E-state index contributed by atoms with van der Waals surface area (Å²) in [7, 11) is 2.17.